The third kappa shape index (κ3) is 38.6. The molecule has 2 saturated heterocycles. The molecule has 5 heterocycles. The lowest BCUT2D eigenvalue weighted by molar-refractivity contribution is -0.205. The summed E-state index contributed by atoms with van der Waals surface area (Å²) in [7, 11) is -6.00. The molecule has 11 rings (SSSR count). The third-order valence-corrected chi connectivity index (χ3v) is 27.3. The smallest absolute Gasteiger partial charge is 0.358 e. The number of hydrogen-bond acceptors (Lipinski definition) is 31. The minimum absolute atomic E-state index is 0.0147. The molecule has 3 atom stereocenters. The zero-order valence-corrected chi connectivity index (χ0v) is 83.1. The SMILES string of the molecule is CN1Cc2c(Cl)cc(Cl)cc2C(c2cccc(S(=O)(=O)CCCOCCOCCOCCN)c2)C1.CN1Cc2c(Cl)cc(Cl)cc2C(c2cccc(S(=O)(=O)NCCOCCOCCOCCNC(=O)COCC(=O)NCCOCCOCCOCCNS(=O)(=O)c3cccc(C4CN(C)Cc5c(Cl)cc(Cl)cc54)c3)c2)C1.O=C(COCC(=O)ON1C(=O)CCC1=O)ON1C(=O)CCC1=O.[2H]CF. The number of ether oxygens (including phenoxy) is 11. The lowest BCUT2D eigenvalue weighted by Gasteiger charge is -2.33. The molecule has 2 fully saturated rings. The van der Waals surface area contributed by atoms with Gasteiger partial charge in [0.2, 0.25) is 31.9 Å². The number of alkyl halides is 1. The molecule has 6 aromatic carbocycles. The summed E-state index contributed by atoms with van der Waals surface area (Å²) in [4.78, 5) is 108. The molecule has 0 aliphatic carbocycles. The summed E-state index contributed by atoms with van der Waals surface area (Å²) in [5, 5.41) is 9.44. The highest BCUT2D eigenvalue weighted by molar-refractivity contribution is 7.91. The van der Waals surface area contributed by atoms with Gasteiger partial charge in [-0.2, -0.15) is 0 Å². The van der Waals surface area contributed by atoms with E-state index in [9.17, 15) is 68.0 Å². The van der Waals surface area contributed by atoms with Gasteiger partial charge < -0.3 is 92.8 Å². The van der Waals surface area contributed by atoms with E-state index in [1.165, 1.54) is 0 Å². The van der Waals surface area contributed by atoms with E-state index in [0.717, 1.165) is 63.2 Å². The lowest BCUT2D eigenvalue weighted by atomic mass is 9.85. The van der Waals surface area contributed by atoms with E-state index >= 15 is 0 Å². The van der Waals surface area contributed by atoms with Crippen LogP contribution in [-0.2, 0) is 150 Å². The monoisotopic (exact) mass is 2100 g/mol. The predicted molar refractivity (Wildman–Crippen MR) is 506 cm³/mol. The summed E-state index contributed by atoms with van der Waals surface area (Å²) < 4.78 is 158. The van der Waals surface area contributed by atoms with Crippen LogP contribution in [0.4, 0.5) is 4.39 Å². The Kier molecular flexibility index (Phi) is 49.4. The zero-order chi connectivity index (χ0) is 100. The molecule has 5 aliphatic rings. The molecule has 37 nitrogen and oxygen atoms in total. The maximum Gasteiger partial charge on any atom is 0.358 e. The second kappa shape index (κ2) is 59.9. The van der Waals surface area contributed by atoms with Crippen molar-refractivity contribution in [3.63, 3.8) is 0 Å². The number of likely N-dealkylation sites (N-methyl/N-ethyl adjacent to an activating group) is 3. The number of nitrogens with two attached hydrogens (primary N) is 1. The van der Waals surface area contributed by atoms with Gasteiger partial charge in [-0.1, -0.05) is 106 Å². The van der Waals surface area contributed by atoms with Crippen molar-refractivity contribution in [2.45, 2.75) is 84.2 Å². The van der Waals surface area contributed by atoms with Crippen molar-refractivity contribution >= 4 is 147 Å². The normalized spacial score (nSPS) is 16.3. The number of amides is 6. The molecule has 6 aromatic rings. The second-order valence-corrected chi connectivity index (χ2v) is 39.5. The third-order valence-electron chi connectivity index (χ3n) is 21.0. The van der Waals surface area contributed by atoms with Gasteiger partial charge in [0.05, 0.1) is 141 Å². The highest BCUT2D eigenvalue weighted by Gasteiger charge is 2.37. The van der Waals surface area contributed by atoms with E-state index in [0.29, 0.717) is 137 Å². The number of carbonyl (C=O) groups excluding carboxylic acids is 8. The number of carbonyl (C=O) groups is 8. The Labute approximate surface area is 828 Å². The van der Waals surface area contributed by atoms with Crippen molar-refractivity contribution in [1.82, 2.24) is 44.9 Å². The average Bonchev–Trinajstić information content (AvgIpc) is 0.785. The molecule has 756 valence electrons. The molecule has 0 radical (unpaired) electrons. The maximum atomic E-state index is 13.1. The van der Waals surface area contributed by atoms with Gasteiger partial charge in [0.1, 0.15) is 26.4 Å². The van der Waals surface area contributed by atoms with Crippen molar-refractivity contribution in [3.05, 3.63) is 189 Å². The quantitative estimate of drug-likeness (QED) is 0.0181. The van der Waals surface area contributed by atoms with E-state index in [4.69, 9.17) is 124 Å². The first kappa shape index (κ1) is 113. The fourth-order valence-electron chi connectivity index (χ4n) is 14.6. The summed E-state index contributed by atoms with van der Waals surface area (Å²) in [5.74, 6) is -5.69. The predicted octanol–water partition coefficient (Wildman–Crippen LogP) is 7.61. The summed E-state index contributed by atoms with van der Waals surface area (Å²) in [6.07, 6.45) is 0.231. The van der Waals surface area contributed by atoms with E-state index in [1.807, 2.05) is 57.5 Å². The first-order valence-electron chi connectivity index (χ1n) is 44.4. The van der Waals surface area contributed by atoms with E-state index < -0.39 is 97.6 Å². The fraction of sp³-hybridized carbons (Fsp3) is 0.511. The topological polar surface area (TPSA) is 449 Å². The number of sulfonamides is 2. The summed E-state index contributed by atoms with van der Waals surface area (Å²) >= 11 is 38.4. The number of hydrogen-bond donors (Lipinski definition) is 5. The number of imide groups is 2. The van der Waals surface area contributed by atoms with Gasteiger partial charge in [0, 0.05) is 152 Å². The van der Waals surface area contributed by atoms with Crippen LogP contribution in [-0.4, -0.2) is 329 Å². The van der Waals surface area contributed by atoms with E-state index in [2.05, 4.69) is 49.2 Å². The highest BCUT2D eigenvalue weighted by Crippen LogP contribution is 2.43. The first-order valence-corrected chi connectivity index (χ1v) is 50.6. The standard InChI is InChI=1S/C52H68Cl4N6O13S2.C25H34Cl2N2O5S.C12H12N2O9.CH3F/c1-61-31-45(43-27-39(53)29-49(55)47(43)33-61)37-5-3-7-41(25-37)76(65,66)59-11-15-71-19-23-73-21-17-69-13-9-57-51(63)35-75-36-52(64)58-10-14-70-18-22-74-24-20-72-16-12-60-77(67,68)42-8-4-6-38(26-42)46-32-62(2)34-48-44(46)28-40(54)30-50(48)56;1-29-17-23(22-15-20(26)16-25(27)24(22)18-29)19-4-2-5-21(14-19)35(30,31)13-3-7-32-9-11-34-12-10-33-8-6-28;15-7-1-2-8(16)13(7)22-11(19)5-21-6-12(20)23-14-9(17)3-4-10(14)18;1-2/h3-8,25-30,45-46,59-60H,9-24,31-36H2,1-2H3,(H,57,63)(H,58,64);2,4-5,14-16,23H,3,6-13,17-18,28H2,1H3;1-6H2;1H3/i;;;1D. The molecule has 137 heavy (non-hydrogen) atoms. The number of sulfone groups is 1. The molecule has 6 N–H and O–H groups in total. The highest BCUT2D eigenvalue weighted by atomic mass is 35.5. The number of benzene rings is 6. The molecular formula is C90H117Cl6FN10O27S3. The van der Waals surface area contributed by atoms with Crippen LogP contribution in [0.5, 0.6) is 0 Å². The molecule has 3 unspecified atom stereocenters. The minimum Gasteiger partial charge on any atom is -0.379 e. The molecular weight excluding hydrogens is 1980 g/mol. The van der Waals surface area contributed by atoms with Crippen molar-refractivity contribution in [1.29, 1.82) is 0 Å². The van der Waals surface area contributed by atoms with Crippen LogP contribution >= 0.6 is 69.6 Å². The number of nitrogens with zero attached hydrogens (tertiary/aromatic N) is 5. The minimum atomic E-state index is -3.79. The lowest BCUT2D eigenvalue weighted by Crippen LogP contribution is -2.35. The number of rotatable bonds is 54. The Hall–Kier alpha value is -7.68. The van der Waals surface area contributed by atoms with Crippen LogP contribution in [0.1, 0.15) is 101 Å². The van der Waals surface area contributed by atoms with Crippen LogP contribution in [0, 0.1) is 0 Å². The molecule has 5 aliphatic heterocycles. The van der Waals surface area contributed by atoms with Crippen molar-refractivity contribution in [3.8, 4) is 0 Å². The largest absolute Gasteiger partial charge is 0.379 e. The van der Waals surface area contributed by atoms with Gasteiger partial charge in [0.25, 0.3) is 23.6 Å². The fourth-order valence-corrected chi connectivity index (χ4v) is 19.8. The summed E-state index contributed by atoms with van der Waals surface area (Å²) in [5.41, 5.74) is 14.0. The maximum absolute atomic E-state index is 13.1. The van der Waals surface area contributed by atoms with Crippen LogP contribution < -0.4 is 25.8 Å². The number of halogens is 7. The number of fused-ring (bicyclic) bond motifs is 3. The Morgan fingerprint density at radius 1 is 0.401 bits per heavy atom. The van der Waals surface area contributed by atoms with Crippen molar-refractivity contribution < 1.29 is 131 Å². The number of hydroxylamine groups is 4. The Morgan fingerprint density at radius 3 is 1.03 bits per heavy atom. The van der Waals surface area contributed by atoms with Gasteiger partial charge in [-0.15, -0.1) is 10.1 Å². The summed E-state index contributed by atoms with van der Waals surface area (Å²) in [6, 6.07) is 31.9. The zero-order valence-electron chi connectivity index (χ0n) is 77.1. The van der Waals surface area contributed by atoms with Crippen LogP contribution in [0.3, 0.4) is 0 Å². The van der Waals surface area contributed by atoms with Gasteiger partial charge in [-0.3, -0.25) is 33.2 Å². The van der Waals surface area contributed by atoms with Gasteiger partial charge in [-0.05, 0) is 150 Å². The van der Waals surface area contributed by atoms with Gasteiger partial charge >= 0.3 is 11.9 Å². The molecule has 0 aromatic heterocycles. The first-order chi connectivity index (χ1) is 66.1. The van der Waals surface area contributed by atoms with E-state index in [-0.39, 0.29) is 164 Å². The Balaban J connectivity index is 0.000000310. The van der Waals surface area contributed by atoms with Crippen LogP contribution in [0.25, 0.3) is 0 Å². The van der Waals surface area contributed by atoms with Gasteiger partial charge in [0.15, 0.2) is 9.84 Å². The van der Waals surface area contributed by atoms with Crippen molar-refractivity contribution in [2.24, 2.45) is 5.73 Å². The second-order valence-electron chi connectivity index (χ2n) is 31.4. The molecule has 0 bridgehead atoms. The molecule has 47 heteroatoms. The number of nitrogens with one attached hydrogen (secondary N) is 4. The van der Waals surface area contributed by atoms with Gasteiger partial charge in [-0.25, -0.2) is 44.3 Å². The molecule has 0 spiro atoms. The molecule has 6 amide bonds. The van der Waals surface area contributed by atoms with Crippen LogP contribution in [0.15, 0.2) is 124 Å². The molecule has 0 saturated carbocycles. The average molecular weight is 2100 g/mol. The van der Waals surface area contributed by atoms with E-state index in [1.54, 1.807) is 72.8 Å². The van der Waals surface area contributed by atoms with Crippen molar-refractivity contribution in [2.75, 3.05) is 232 Å². The summed E-state index contributed by atoms with van der Waals surface area (Å²) in [6.45, 7) is 9.06. The Morgan fingerprint density at radius 2 is 0.693 bits per heavy atom. The Bertz CT molecular complexity index is 5110. The van der Waals surface area contributed by atoms with Crippen LogP contribution in [0.2, 0.25) is 30.1 Å².